The Labute approximate surface area is 319 Å². The molecule has 10 aromatic rings. The SMILES string of the molecule is c1ccc(-c2ccc3c(c2)c2cc(-c4ccccc4)ccc2n3-c2ccc(-c3cc(-c4cccc(-c5ccccn5)c4)nc(-c4ccccc4)n3)cc2)cc1. The highest BCUT2D eigenvalue weighted by molar-refractivity contribution is 6.11. The van der Waals surface area contributed by atoms with Crippen molar-refractivity contribution in [2.24, 2.45) is 0 Å². The van der Waals surface area contributed by atoms with Crippen molar-refractivity contribution in [2.45, 2.75) is 0 Å². The molecule has 10 rings (SSSR count). The van der Waals surface area contributed by atoms with Crippen LogP contribution in [0.4, 0.5) is 0 Å². The zero-order chi connectivity index (χ0) is 36.6. The Bertz CT molecular complexity index is 2840. The van der Waals surface area contributed by atoms with Crippen molar-refractivity contribution in [3.05, 3.63) is 206 Å². The lowest BCUT2D eigenvalue weighted by atomic mass is 10.0. The number of nitrogens with zero attached hydrogens (tertiary/aromatic N) is 4. The Kier molecular flexibility index (Phi) is 8.12. The summed E-state index contributed by atoms with van der Waals surface area (Å²) in [6.07, 6.45) is 1.82. The molecular weight excluding hydrogens is 669 g/mol. The highest BCUT2D eigenvalue weighted by Crippen LogP contribution is 2.38. The van der Waals surface area contributed by atoms with Gasteiger partial charge >= 0.3 is 0 Å². The van der Waals surface area contributed by atoms with Crippen LogP contribution >= 0.6 is 0 Å². The molecule has 4 heteroatoms. The van der Waals surface area contributed by atoms with Gasteiger partial charge in [-0.15, -0.1) is 0 Å². The summed E-state index contributed by atoms with van der Waals surface area (Å²) in [4.78, 5) is 14.8. The van der Waals surface area contributed by atoms with E-state index in [1.165, 1.54) is 33.0 Å². The summed E-state index contributed by atoms with van der Waals surface area (Å²) in [6, 6.07) is 70.3. The van der Waals surface area contributed by atoms with Crippen LogP contribution in [0.1, 0.15) is 0 Å². The van der Waals surface area contributed by atoms with Crippen LogP contribution in [0.5, 0.6) is 0 Å². The summed E-state index contributed by atoms with van der Waals surface area (Å²) in [6.45, 7) is 0. The fourth-order valence-corrected chi connectivity index (χ4v) is 7.53. The van der Waals surface area contributed by atoms with E-state index in [9.17, 15) is 0 Å². The minimum atomic E-state index is 0.686. The average Bonchev–Trinajstić information content (AvgIpc) is 3.60. The van der Waals surface area contributed by atoms with Gasteiger partial charge in [0.2, 0.25) is 0 Å². The molecule has 0 aliphatic rings. The molecule has 0 N–H and O–H groups in total. The van der Waals surface area contributed by atoms with E-state index in [-0.39, 0.29) is 0 Å². The molecule has 3 heterocycles. The van der Waals surface area contributed by atoms with Gasteiger partial charge in [0.05, 0.1) is 28.1 Å². The minimum Gasteiger partial charge on any atom is -0.309 e. The van der Waals surface area contributed by atoms with Crippen molar-refractivity contribution >= 4 is 21.8 Å². The molecular formula is C51H34N4. The molecule has 258 valence electrons. The highest BCUT2D eigenvalue weighted by Gasteiger charge is 2.16. The molecule has 0 radical (unpaired) electrons. The van der Waals surface area contributed by atoms with Crippen molar-refractivity contribution in [1.82, 2.24) is 19.5 Å². The second kappa shape index (κ2) is 13.8. The molecule has 0 amide bonds. The van der Waals surface area contributed by atoms with Gasteiger partial charge in [-0.1, -0.05) is 140 Å². The maximum Gasteiger partial charge on any atom is 0.160 e. The van der Waals surface area contributed by atoms with Crippen LogP contribution in [0.25, 0.3) is 94.9 Å². The van der Waals surface area contributed by atoms with Gasteiger partial charge in [0.25, 0.3) is 0 Å². The third-order valence-electron chi connectivity index (χ3n) is 10.3. The van der Waals surface area contributed by atoms with E-state index in [2.05, 4.69) is 173 Å². The topological polar surface area (TPSA) is 43.6 Å². The molecule has 0 atom stereocenters. The molecule has 0 spiro atoms. The molecule has 0 saturated carbocycles. The van der Waals surface area contributed by atoms with Crippen molar-refractivity contribution < 1.29 is 0 Å². The fourth-order valence-electron chi connectivity index (χ4n) is 7.53. The lowest BCUT2D eigenvalue weighted by molar-refractivity contribution is 1.17. The summed E-state index contributed by atoms with van der Waals surface area (Å²) < 4.78 is 2.38. The van der Waals surface area contributed by atoms with Crippen molar-refractivity contribution in [3.63, 3.8) is 0 Å². The van der Waals surface area contributed by atoms with Gasteiger partial charge in [-0.25, -0.2) is 9.97 Å². The third-order valence-corrected chi connectivity index (χ3v) is 10.3. The number of rotatable bonds is 7. The molecule has 0 bridgehead atoms. The van der Waals surface area contributed by atoms with Crippen molar-refractivity contribution in [2.75, 3.05) is 0 Å². The highest BCUT2D eigenvalue weighted by atomic mass is 15.0. The van der Waals surface area contributed by atoms with E-state index < -0.39 is 0 Å². The van der Waals surface area contributed by atoms with Crippen LogP contribution in [-0.4, -0.2) is 19.5 Å². The Morgan fingerprint density at radius 3 is 1.36 bits per heavy atom. The van der Waals surface area contributed by atoms with E-state index in [1.807, 2.05) is 42.6 Å². The Hall–Kier alpha value is -7.43. The molecule has 0 aliphatic carbocycles. The van der Waals surface area contributed by atoms with Gasteiger partial charge in [-0.3, -0.25) is 4.98 Å². The first-order valence-electron chi connectivity index (χ1n) is 18.5. The average molecular weight is 703 g/mol. The number of benzene rings is 7. The first-order chi connectivity index (χ1) is 27.2. The number of pyridine rings is 1. The van der Waals surface area contributed by atoms with E-state index in [1.54, 1.807) is 0 Å². The van der Waals surface area contributed by atoms with Crippen LogP contribution in [0.3, 0.4) is 0 Å². The predicted molar refractivity (Wildman–Crippen MR) is 227 cm³/mol. The Balaban J connectivity index is 1.10. The molecule has 0 fully saturated rings. The second-order valence-corrected chi connectivity index (χ2v) is 13.7. The lowest BCUT2D eigenvalue weighted by Gasteiger charge is -2.12. The van der Waals surface area contributed by atoms with E-state index in [4.69, 9.17) is 9.97 Å². The molecule has 0 unspecified atom stereocenters. The summed E-state index contributed by atoms with van der Waals surface area (Å²) in [7, 11) is 0. The normalized spacial score (nSPS) is 11.3. The summed E-state index contributed by atoms with van der Waals surface area (Å²) >= 11 is 0. The number of fused-ring (bicyclic) bond motifs is 3. The summed E-state index contributed by atoms with van der Waals surface area (Å²) in [5.41, 5.74) is 14.9. The maximum atomic E-state index is 5.12. The molecule has 7 aromatic carbocycles. The molecule has 0 saturated heterocycles. The zero-order valence-corrected chi connectivity index (χ0v) is 29.9. The van der Waals surface area contributed by atoms with Crippen LogP contribution in [0, 0.1) is 0 Å². The lowest BCUT2D eigenvalue weighted by Crippen LogP contribution is -1.97. The zero-order valence-electron chi connectivity index (χ0n) is 29.9. The quantitative estimate of drug-likeness (QED) is 0.166. The van der Waals surface area contributed by atoms with E-state index in [0.717, 1.165) is 56.1 Å². The maximum absolute atomic E-state index is 5.12. The van der Waals surface area contributed by atoms with Gasteiger partial charge < -0.3 is 4.57 Å². The number of hydrogen-bond acceptors (Lipinski definition) is 3. The minimum absolute atomic E-state index is 0.686. The second-order valence-electron chi connectivity index (χ2n) is 13.7. The molecule has 55 heavy (non-hydrogen) atoms. The molecule has 0 aliphatic heterocycles. The largest absolute Gasteiger partial charge is 0.309 e. The van der Waals surface area contributed by atoms with Gasteiger partial charge in [-0.2, -0.15) is 0 Å². The Morgan fingerprint density at radius 2 is 0.800 bits per heavy atom. The van der Waals surface area contributed by atoms with Crippen molar-refractivity contribution in [1.29, 1.82) is 0 Å². The summed E-state index contributed by atoms with van der Waals surface area (Å²) in [5.74, 6) is 0.686. The standard InChI is InChI=1S/C51H34N4/c1-4-13-35(14-5-1)39-24-28-49-44(32-39)45-33-40(36-15-6-2-7-16-36)25-29-50(45)55(49)43-26-22-37(23-27-43)47-34-48(54-51(53-47)38-17-8-3-9-18-38)42-20-12-19-41(31-42)46-21-10-11-30-52-46/h1-34H. The van der Waals surface area contributed by atoms with Crippen molar-refractivity contribution in [3.8, 4) is 73.1 Å². The van der Waals surface area contributed by atoms with E-state index in [0.29, 0.717) is 5.82 Å². The van der Waals surface area contributed by atoms with E-state index >= 15 is 0 Å². The number of aromatic nitrogens is 4. The van der Waals surface area contributed by atoms with Gasteiger partial charge in [0.15, 0.2) is 5.82 Å². The molecule has 4 nitrogen and oxygen atoms in total. The molecule has 3 aromatic heterocycles. The first kappa shape index (κ1) is 32.2. The third kappa shape index (κ3) is 6.16. The van der Waals surface area contributed by atoms with Gasteiger partial charge in [0, 0.05) is 44.9 Å². The van der Waals surface area contributed by atoms with Crippen LogP contribution < -0.4 is 0 Å². The first-order valence-corrected chi connectivity index (χ1v) is 18.5. The van der Waals surface area contributed by atoms with Gasteiger partial charge in [-0.05, 0) is 82.9 Å². The monoisotopic (exact) mass is 702 g/mol. The Morgan fingerprint density at radius 1 is 0.309 bits per heavy atom. The fraction of sp³-hybridized carbons (Fsp3) is 0. The smallest absolute Gasteiger partial charge is 0.160 e. The summed E-state index contributed by atoms with van der Waals surface area (Å²) in [5, 5.41) is 2.44. The van der Waals surface area contributed by atoms with Crippen LogP contribution in [0.2, 0.25) is 0 Å². The van der Waals surface area contributed by atoms with Crippen LogP contribution in [0.15, 0.2) is 206 Å². The predicted octanol–water partition coefficient (Wildman–Crippen LogP) is 13.0. The van der Waals surface area contributed by atoms with Gasteiger partial charge in [0.1, 0.15) is 0 Å². The van der Waals surface area contributed by atoms with Crippen LogP contribution in [-0.2, 0) is 0 Å². The number of hydrogen-bond donors (Lipinski definition) is 0.